The molecule has 2 N–H and O–H groups in total. The van der Waals surface area contributed by atoms with Gasteiger partial charge < -0.3 is 5.73 Å². The summed E-state index contributed by atoms with van der Waals surface area (Å²) in [5.74, 6) is 1.43. The summed E-state index contributed by atoms with van der Waals surface area (Å²) < 4.78 is 4.31. The molecule has 72 valence electrons. The maximum atomic E-state index is 6.18. The first-order valence-corrected chi connectivity index (χ1v) is 5.78. The number of hydrogen-bond acceptors (Lipinski definition) is 3. The Morgan fingerprint density at radius 2 is 2.46 bits per heavy atom. The van der Waals surface area contributed by atoms with Gasteiger partial charge in [-0.25, -0.2) is 0 Å². The van der Waals surface area contributed by atoms with Crippen molar-refractivity contribution in [1.82, 2.24) is 4.37 Å². The molecule has 0 saturated heterocycles. The minimum Gasteiger partial charge on any atom is -0.322 e. The molecule has 0 amide bonds. The fourth-order valence-electron chi connectivity index (χ4n) is 2.32. The topological polar surface area (TPSA) is 38.9 Å². The molecule has 1 saturated carbocycles. The minimum atomic E-state index is 0.170. The van der Waals surface area contributed by atoms with Crippen LogP contribution >= 0.6 is 11.5 Å². The van der Waals surface area contributed by atoms with Crippen LogP contribution in [-0.4, -0.2) is 4.37 Å². The summed E-state index contributed by atoms with van der Waals surface area (Å²) in [6.07, 6.45) is 3.95. The average Bonchev–Trinajstić information content (AvgIpc) is 2.72. The van der Waals surface area contributed by atoms with Gasteiger partial charge in [-0.15, -0.1) is 0 Å². The lowest BCUT2D eigenvalue weighted by molar-refractivity contribution is 0.347. The Kier molecular flexibility index (Phi) is 2.65. The first kappa shape index (κ1) is 9.16. The molecule has 1 aromatic rings. The van der Waals surface area contributed by atoms with Crippen LogP contribution in [0.5, 0.6) is 0 Å². The van der Waals surface area contributed by atoms with Crippen molar-refractivity contribution in [1.29, 1.82) is 0 Å². The zero-order valence-corrected chi connectivity index (χ0v) is 8.76. The fourth-order valence-corrected chi connectivity index (χ4v) is 2.89. The zero-order valence-electron chi connectivity index (χ0n) is 7.94. The van der Waals surface area contributed by atoms with E-state index in [1.54, 1.807) is 0 Å². The quantitative estimate of drug-likeness (QED) is 0.789. The maximum absolute atomic E-state index is 6.18. The van der Waals surface area contributed by atoms with E-state index >= 15 is 0 Å². The monoisotopic (exact) mass is 196 g/mol. The normalized spacial score (nSPS) is 30.6. The maximum Gasteiger partial charge on any atom is 0.0712 e. The number of nitrogens with two attached hydrogens (primary N) is 1. The smallest absolute Gasteiger partial charge is 0.0712 e. The number of nitrogens with zero attached hydrogens (tertiary/aromatic N) is 1. The predicted octanol–water partition coefficient (Wildman–Crippen LogP) is 2.58. The third kappa shape index (κ3) is 1.76. The largest absolute Gasteiger partial charge is 0.322 e. The van der Waals surface area contributed by atoms with Gasteiger partial charge in [-0.2, -0.15) is 4.37 Å². The van der Waals surface area contributed by atoms with E-state index in [4.69, 9.17) is 5.73 Å². The van der Waals surface area contributed by atoms with Crippen LogP contribution in [0.4, 0.5) is 0 Å². The van der Waals surface area contributed by atoms with Gasteiger partial charge >= 0.3 is 0 Å². The van der Waals surface area contributed by atoms with Crippen LogP contribution in [0.25, 0.3) is 0 Å². The summed E-state index contributed by atoms with van der Waals surface area (Å²) in [4.78, 5) is 0. The summed E-state index contributed by atoms with van der Waals surface area (Å²) in [5.41, 5.74) is 7.27. The summed E-state index contributed by atoms with van der Waals surface area (Å²) in [5, 5.41) is 2.01. The van der Waals surface area contributed by atoms with Crippen LogP contribution in [0.15, 0.2) is 11.4 Å². The van der Waals surface area contributed by atoms with Gasteiger partial charge in [-0.3, -0.25) is 0 Å². The predicted molar refractivity (Wildman–Crippen MR) is 55.5 cm³/mol. The van der Waals surface area contributed by atoms with Crippen molar-refractivity contribution in [2.24, 2.45) is 17.6 Å². The lowest BCUT2D eigenvalue weighted by Gasteiger charge is -2.21. The highest BCUT2D eigenvalue weighted by Crippen LogP contribution is 2.38. The standard InChI is InChI=1S/C10H16N2S/c1-7-3-2-4-8(7)10(11)9-5-6-13-12-9/h5-8,10H,2-4,11H2,1H3. The summed E-state index contributed by atoms with van der Waals surface area (Å²) in [6, 6.07) is 2.23. The number of aromatic nitrogens is 1. The summed E-state index contributed by atoms with van der Waals surface area (Å²) in [7, 11) is 0. The lowest BCUT2D eigenvalue weighted by atomic mass is 9.89. The second-order valence-electron chi connectivity index (χ2n) is 4.02. The SMILES string of the molecule is CC1CCCC1C(N)c1ccsn1. The Bertz CT molecular complexity index is 258. The van der Waals surface area contributed by atoms with Crippen LogP contribution in [0.3, 0.4) is 0 Å². The molecule has 0 radical (unpaired) electrons. The van der Waals surface area contributed by atoms with Gasteiger partial charge in [0.05, 0.1) is 11.7 Å². The van der Waals surface area contributed by atoms with E-state index < -0.39 is 0 Å². The Labute approximate surface area is 83.3 Å². The van der Waals surface area contributed by atoms with Gasteiger partial charge in [-0.05, 0) is 35.9 Å². The average molecular weight is 196 g/mol. The highest BCUT2D eigenvalue weighted by molar-refractivity contribution is 7.03. The van der Waals surface area contributed by atoms with Crippen LogP contribution in [-0.2, 0) is 0 Å². The molecule has 1 aliphatic rings. The Morgan fingerprint density at radius 3 is 3.00 bits per heavy atom. The van der Waals surface area contributed by atoms with Crippen molar-refractivity contribution in [2.45, 2.75) is 32.2 Å². The molecule has 3 atom stereocenters. The van der Waals surface area contributed by atoms with E-state index in [1.807, 2.05) is 5.38 Å². The summed E-state index contributed by atoms with van der Waals surface area (Å²) in [6.45, 7) is 2.31. The van der Waals surface area contributed by atoms with Crippen LogP contribution in [0, 0.1) is 11.8 Å². The van der Waals surface area contributed by atoms with E-state index in [2.05, 4.69) is 17.4 Å². The highest BCUT2D eigenvalue weighted by atomic mass is 32.1. The third-order valence-corrected chi connectivity index (χ3v) is 3.76. The molecule has 0 aromatic carbocycles. The molecule has 3 heteroatoms. The molecule has 13 heavy (non-hydrogen) atoms. The minimum absolute atomic E-state index is 0.170. The summed E-state index contributed by atoms with van der Waals surface area (Å²) >= 11 is 1.50. The Balaban J connectivity index is 2.08. The van der Waals surface area contributed by atoms with E-state index in [1.165, 1.54) is 30.8 Å². The third-order valence-electron chi connectivity index (χ3n) is 3.19. The van der Waals surface area contributed by atoms with Crippen LogP contribution in [0.1, 0.15) is 37.9 Å². The molecular weight excluding hydrogens is 180 g/mol. The first-order valence-electron chi connectivity index (χ1n) is 4.95. The van der Waals surface area contributed by atoms with Crippen LogP contribution in [0.2, 0.25) is 0 Å². The van der Waals surface area contributed by atoms with Crippen molar-refractivity contribution >= 4 is 11.5 Å². The molecule has 2 rings (SSSR count). The number of rotatable bonds is 2. The van der Waals surface area contributed by atoms with Crippen molar-refractivity contribution in [3.63, 3.8) is 0 Å². The van der Waals surface area contributed by atoms with Crippen LogP contribution < -0.4 is 5.73 Å². The van der Waals surface area contributed by atoms with Crippen molar-refractivity contribution in [3.05, 3.63) is 17.1 Å². The molecular formula is C10H16N2S. The Hall–Kier alpha value is -0.410. The molecule has 0 spiro atoms. The van der Waals surface area contributed by atoms with E-state index in [9.17, 15) is 0 Å². The van der Waals surface area contributed by atoms with Gasteiger partial charge in [-0.1, -0.05) is 19.8 Å². The van der Waals surface area contributed by atoms with Crippen molar-refractivity contribution < 1.29 is 0 Å². The molecule has 3 unspecified atom stereocenters. The van der Waals surface area contributed by atoms with E-state index in [0.29, 0.717) is 5.92 Å². The molecule has 1 aliphatic carbocycles. The van der Waals surface area contributed by atoms with Gasteiger partial charge in [0.1, 0.15) is 0 Å². The van der Waals surface area contributed by atoms with E-state index in [0.717, 1.165) is 11.6 Å². The second kappa shape index (κ2) is 3.76. The Morgan fingerprint density at radius 1 is 1.62 bits per heavy atom. The number of hydrogen-bond donors (Lipinski definition) is 1. The molecule has 1 fully saturated rings. The van der Waals surface area contributed by atoms with Crippen molar-refractivity contribution in [3.8, 4) is 0 Å². The molecule has 0 bridgehead atoms. The molecule has 1 heterocycles. The zero-order chi connectivity index (χ0) is 9.26. The highest BCUT2D eigenvalue weighted by Gasteiger charge is 2.30. The van der Waals surface area contributed by atoms with E-state index in [-0.39, 0.29) is 6.04 Å². The fraction of sp³-hybridized carbons (Fsp3) is 0.700. The van der Waals surface area contributed by atoms with Gasteiger partial charge in [0.25, 0.3) is 0 Å². The molecule has 0 aliphatic heterocycles. The second-order valence-corrected chi connectivity index (χ2v) is 4.69. The first-order chi connectivity index (χ1) is 6.29. The van der Waals surface area contributed by atoms with Crippen molar-refractivity contribution in [2.75, 3.05) is 0 Å². The molecule has 1 aromatic heterocycles. The van der Waals surface area contributed by atoms with Gasteiger partial charge in [0, 0.05) is 5.38 Å². The molecule has 2 nitrogen and oxygen atoms in total. The van der Waals surface area contributed by atoms with Gasteiger partial charge in [0.15, 0.2) is 0 Å². The lowest BCUT2D eigenvalue weighted by Crippen LogP contribution is -2.23. The van der Waals surface area contributed by atoms with Gasteiger partial charge in [0.2, 0.25) is 0 Å².